The molecule has 1 aromatic rings. The quantitative estimate of drug-likeness (QED) is 0.246. The van der Waals surface area contributed by atoms with Gasteiger partial charge in [0.05, 0.1) is 0 Å². The van der Waals surface area contributed by atoms with Crippen LogP contribution in [-0.2, 0) is 39.5 Å². The summed E-state index contributed by atoms with van der Waals surface area (Å²) >= 11 is 0. The molecule has 0 saturated carbocycles. The second-order valence-electron chi connectivity index (χ2n) is 5.90. The Morgan fingerprint density at radius 1 is 0.686 bits per heavy atom. The number of aromatic nitrogens is 1. The van der Waals surface area contributed by atoms with Gasteiger partial charge < -0.3 is 17.4 Å². The van der Waals surface area contributed by atoms with Crippen molar-refractivity contribution in [3.05, 3.63) is 34.7 Å². The van der Waals surface area contributed by atoms with Gasteiger partial charge >= 0.3 is 31.7 Å². The predicted octanol–water partition coefficient (Wildman–Crippen LogP) is 2.72. The first-order chi connectivity index (χ1) is 15.5. The molecule has 1 rings (SSSR count). The molecule has 0 saturated heterocycles. The summed E-state index contributed by atoms with van der Waals surface area (Å²) in [6.45, 7) is 0. The summed E-state index contributed by atoms with van der Waals surface area (Å²) in [6, 6.07) is 5.88. The van der Waals surface area contributed by atoms with Crippen LogP contribution in [0.2, 0.25) is 0 Å². The third-order valence-electron chi connectivity index (χ3n) is 3.59. The Labute approximate surface area is 193 Å². The Bertz CT molecular complexity index is 969. The summed E-state index contributed by atoms with van der Waals surface area (Å²) in [4.78, 5) is 0. The Hall–Kier alpha value is -1.59. The average molecular weight is 594 g/mol. The standard InChI is InChI=1S/C9H16NO3Si.C4F10NO4S2/c1-11-14(12-2,13-3)9-10-7-5-4-6-8-10;5-1(6,7)3(11,12)20(16,17)15-21(18,19)4(13,14)2(8,9)10/h4-8H,9H2,1-3H3;/q+1;-1. The minimum Gasteiger partial charge on any atom is -0.425 e. The maximum absolute atomic E-state index is 12.3. The van der Waals surface area contributed by atoms with Crippen molar-refractivity contribution >= 4 is 28.9 Å². The fourth-order valence-electron chi connectivity index (χ4n) is 1.72. The van der Waals surface area contributed by atoms with Crippen LogP contribution in [0.25, 0.3) is 4.13 Å². The number of pyridine rings is 1. The molecule has 22 heteroatoms. The van der Waals surface area contributed by atoms with Crippen LogP contribution in [-0.4, -0.2) is 69.8 Å². The number of halogens is 10. The van der Waals surface area contributed by atoms with E-state index in [0.717, 1.165) is 0 Å². The molecule has 0 aliphatic heterocycles. The number of rotatable bonds is 9. The van der Waals surface area contributed by atoms with E-state index in [0.29, 0.717) is 10.3 Å². The molecule has 0 unspecified atom stereocenters. The van der Waals surface area contributed by atoms with Crippen molar-refractivity contribution in [3.63, 3.8) is 0 Å². The zero-order chi connectivity index (χ0) is 28.1. The SMILES string of the molecule is CO[Si](C[n+]1ccccc1)(OC)OC.O=S(=O)([N-]S(=O)(=O)C(F)(F)C(F)(F)F)C(F)(F)C(F)(F)F. The molecule has 0 spiro atoms. The molecule has 0 aliphatic rings. The van der Waals surface area contributed by atoms with Gasteiger partial charge in [0.15, 0.2) is 32.4 Å². The van der Waals surface area contributed by atoms with Gasteiger partial charge in [-0.05, 0) is 0 Å². The lowest BCUT2D eigenvalue weighted by atomic mass is 10.5. The van der Waals surface area contributed by atoms with Crippen molar-refractivity contribution in [2.24, 2.45) is 0 Å². The fraction of sp³-hybridized carbons (Fsp3) is 0.615. The predicted molar refractivity (Wildman–Crippen MR) is 96.6 cm³/mol. The Morgan fingerprint density at radius 3 is 1.26 bits per heavy atom. The molecule has 0 aliphatic carbocycles. The topological polar surface area (TPSA) is 114 Å². The van der Waals surface area contributed by atoms with E-state index in [2.05, 4.69) is 0 Å². The van der Waals surface area contributed by atoms with E-state index in [1.54, 1.807) is 21.3 Å². The van der Waals surface area contributed by atoms with Crippen molar-refractivity contribution in [3.8, 4) is 0 Å². The van der Waals surface area contributed by atoms with Gasteiger partial charge in [0, 0.05) is 33.5 Å². The third-order valence-corrected chi connectivity index (χ3v) is 9.54. The molecule has 1 aromatic heterocycles. The maximum atomic E-state index is 12.3. The second kappa shape index (κ2) is 11.2. The molecule has 0 amide bonds. The zero-order valence-corrected chi connectivity index (χ0v) is 20.1. The van der Waals surface area contributed by atoms with Gasteiger partial charge in [0.1, 0.15) is 0 Å². The van der Waals surface area contributed by atoms with Crippen molar-refractivity contribution in [1.82, 2.24) is 0 Å². The number of hydrogen-bond acceptors (Lipinski definition) is 7. The molecule has 35 heavy (non-hydrogen) atoms. The van der Waals surface area contributed by atoms with Crippen LogP contribution in [0, 0.1) is 0 Å². The monoisotopic (exact) mass is 594 g/mol. The van der Waals surface area contributed by atoms with E-state index in [1.807, 2.05) is 35.2 Å². The lowest BCUT2D eigenvalue weighted by Gasteiger charge is -2.31. The largest absolute Gasteiger partial charge is 0.569 e. The Morgan fingerprint density at radius 2 is 1.00 bits per heavy atom. The van der Waals surface area contributed by atoms with E-state index in [1.165, 1.54) is 0 Å². The van der Waals surface area contributed by atoms with Crippen LogP contribution in [0.4, 0.5) is 43.9 Å². The van der Waals surface area contributed by atoms with E-state index in [4.69, 9.17) is 13.3 Å². The van der Waals surface area contributed by atoms with Crippen LogP contribution in [0.5, 0.6) is 0 Å². The van der Waals surface area contributed by atoms with E-state index in [-0.39, 0.29) is 0 Å². The second-order valence-corrected chi connectivity index (χ2v) is 12.3. The molecule has 0 fully saturated rings. The number of hydrogen-bond donors (Lipinski definition) is 0. The average Bonchev–Trinajstić information content (AvgIpc) is 2.71. The van der Waals surface area contributed by atoms with Crippen LogP contribution in [0.1, 0.15) is 0 Å². The molecule has 0 radical (unpaired) electrons. The summed E-state index contributed by atoms with van der Waals surface area (Å²) in [5, 5.41) is -14.0. The highest BCUT2D eigenvalue weighted by atomic mass is 32.3. The summed E-state index contributed by atoms with van der Waals surface area (Å²) in [5.74, 6) is 0. The van der Waals surface area contributed by atoms with Crippen molar-refractivity contribution < 1.29 is 78.6 Å². The highest BCUT2D eigenvalue weighted by molar-refractivity contribution is 8.13. The fourth-order valence-corrected chi connectivity index (χ4v) is 5.63. The summed E-state index contributed by atoms with van der Waals surface area (Å²) < 4.78 is 179. The highest BCUT2D eigenvalue weighted by Gasteiger charge is 2.68. The smallest absolute Gasteiger partial charge is 0.425 e. The Balaban J connectivity index is 0.000000712. The van der Waals surface area contributed by atoms with E-state index < -0.39 is 51.7 Å². The van der Waals surface area contributed by atoms with Gasteiger partial charge in [-0.1, -0.05) is 6.07 Å². The van der Waals surface area contributed by atoms with Gasteiger partial charge in [0.2, 0.25) is 6.17 Å². The van der Waals surface area contributed by atoms with Gasteiger partial charge in [0.25, 0.3) is 0 Å². The first-order valence-electron chi connectivity index (χ1n) is 8.19. The van der Waals surface area contributed by atoms with Crippen LogP contribution in [0.3, 0.4) is 0 Å². The first kappa shape index (κ1) is 33.4. The number of nitrogens with zero attached hydrogens (tertiary/aromatic N) is 2. The first-order valence-corrected chi connectivity index (χ1v) is 13.0. The van der Waals surface area contributed by atoms with Gasteiger partial charge in [-0.3, -0.25) is 0 Å². The Kier molecular flexibility index (Phi) is 10.7. The van der Waals surface area contributed by atoms with E-state index >= 15 is 0 Å². The molecule has 0 bridgehead atoms. The highest BCUT2D eigenvalue weighted by Crippen LogP contribution is 2.47. The van der Waals surface area contributed by atoms with Gasteiger partial charge in [-0.25, -0.2) is 21.4 Å². The number of sulfonamides is 2. The minimum absolute atomic E-state index is 0.422. The zero-order valence-electron chi connectivity index (χ0n) is 17.4. The molecule has 0 aromatic carbocycles. The normalized spacial score (nSPS) is 14.3. The molecule has 0 atom stereocenters. The molecule has 1 heterocycles. The summed E-state index contributed by atoms with van der Waals surface area (Å²) in [6.07, 6.45) is -9.47. The van der Waals surface area contributed by atoms with E-state index in [9.17, 15) is 60.7 Å². The van der Waals surface area contributed by atoms with Crippen LogP contribution in [0.15, 0.2) is 30.6 Å². The van der Waals surface area contributed by atoms with Crippen molar-refractivity contribution in [1.29, 1.82) is 0 Å². The van der Waals surface area contributed by atoms with Gasteiger partial charge in [-0.2, -0.15) is 43.9 Å². The number of alkyl halides is 10. The maximum Gasteiger partial charge on any atom is 0.569 e. The molecular formula is C13H16F10N2O7S2Si. The molecular weight excluding hydrogens is 578 g/mol. The third kappa shape index (κ3) is 7.69. The van der Waals surface area contributed by atoms with Crippen molar-refractivity contribution in [2.45, 2.75) is 29.0 Å². The summed E-state index contributed by atoms with van der Waals surface area (Å²) in [7, 11) is -12.9. The van der Waals surface area contributed by atoms with Gasteiger partial charge in [-0.15, -0.1) is 0 Å². The lowest BCUT2D eigenvalue weighted by molar-refractivity contribution is -0.685. The molecule has 0 N–H and O–H groups in total. The molecule has 9 nitrogen and oxygen atoms in total. The molecule has 206 valence electrons. The summed E-state index contributed by atoms with van der Waals surface area (Å²) in [5.41, 5.74) is 0. The van der Waals surface area contributed by atoms with Crippen LogP contribution < -0.4 is 4.57 Å². The minimum atomic E-state index is -7.62. The van der Waals surface area contributed by atoms with Crippen LogP contribution >= 0.6 is 0 Å². The van der Waals surface area contributed by atoms with Crippen molar-refractivity contribution in [2.75, 3.05) is 21.3 Å². The lowest BCUT2D eigenvalue weighted by Crippen LogP contribution is -2.56.